The van der Waals surface area contributed by atoms with E-state index in [1.54, 1.807) is 17.1 Å². The average Bonchev–Trinajstić information content (AvgIpc) is 2.38. The molecule has 0 radical (unpaired) electrons. The van der Waals surface area contributed by atoms with Gasteiger partial charge in [-0.1, -0.05) is 12.2 Å². The second kappa shape index (κ2) is 8.29. The molecule has 1 heterocycles. The van der Waals surface area contributed by atoms with Crippen LogP contribution < -0.4 is 5.73 Å². The lowest BCUT2D eigenvalue weighted by Gasteiger charge is -2.38. The smallest absolute Gasteiger partial charge is 0.230 e. The van der Waals surface area contributed by atoms with E-state index in [0.717, 1.165) is 0 Å². The summed E-state index contributed by atoms with van der Waals surface area (Å²) in [4.78, 5) is 14.3. The number of halogens is 1. The summed E-state index contributed by atoms with van der Waals surface area (Å²) in [5, 5.41) is 0. The van der Waals surface area contributed by atoms with Crippen LogP contribution in [0.5, 0.6) is 0 Å². The summed E-state index contributed by atoms with van der Waals surface area (Å²) in [5.41, 5.74) is 5.36. The Labute approximate surface area is 115 Å². The lowest BCUT2D eigenvalue weighted by molar-refractivity contribution is -0.146. The Kier molecular flexibility index (Phi) is 7.91. The minimum absolute atomic E-state index is 0. The van der Waals surface area contributed by atoms with Crippen molar-refractivity contribution < 1.29 is 9.53 Å². The first-order valence-corrected chi connectivity index (χ1v) is 5.99. The van der Waals surface area contributed by atoms with Crippen LogP contribution >= 0.6 is 12.4 Å². The van der Waals surface area contributed by atoms with E-state index in [2.05, 4.69) is 13.2 Å². The Morgan fingerprint density at radius 1 is 1.28 bits per heavy atom. The molecule has 104 valence electrons. The number of ether oxygens (including phenoxy) is 1. The van der Waals surface area contributed by atoms with Crippen LogP contribution in [0.15, 0.2) is 25.3 Å². The highest BCUT2D eigenvalue weighted by Crippen LogP contribution is 2.31. The van der Waals surface area contributed by atoms with Gasteiger partial charge >= 0.3 is 0 Å². The molecular formula is C13H23ClN2O2. The predicted octanol–water partition coefficient (Wildman–Crippen LogP) is 1.36. The first-order valence-electron chi connectivity index (χ1n) is 5.99. The first-order chi connectivity index (χ1) is 8.20. The summed E-state index contributed by atoms with van der Waals surface area (Å²) in [6, 6.07) is 0. The molecular weight excluding hydrogens is 252 g/mol. The topological polar surface area (TPSA) is 55.6 Å². The molecule has 1 aliphatic rings. The van der Waals surface area contributed by atoms with Gasteiger partial charge in [-0.25, -0.2) is 0 Å². The van der Waals surface area contributed by atoms with Gasteiger partial charge in [0, 0.05) is 32.8 Å². The van der Waals surface area contributed by atoms with Gasteiger partial charge in [-0.05, 0) is 12.8 Å². The maximum atomic E-state index is 12.5. The SMILES string of the molecule is C=CCN(CC=C)C(=O)C1(CN)CCOCC1.Cl. The molecule has 5 heteroatoms. The minimum atomic E-state index is -0.454. The van der Waals surface area contributed by atoms with Crippen molar-refractivity contribution in [2.24, 2.45) is 11.1 Å². The molecule has 0 spiro atoms. The summed E-state index contributed by atoms with van der Waals surface area (Å²) in [7, 11) is 0. The molecule has 1 rings (SSSR count). The van der Waals surface area contributed by atoms with Gasteiger partial charge in [0.1, 0.15) is 0 Å². The summed E-state index contributed by atoms with van der Waals surface area (Å²) in [5.74, 6) is 0.100. The fourth-order valence-electron chi connectivity index (χ4n) is 2.15. The summed E-state index contributed by atoms with van der Waals surface area (Å²) >= 11 is 0. The molecule has 0 aromatic heterocycles. The lowest BCUT2D eigenvalue weighted by atomic mass is 9.79. The van der Waals surface area contributed by atoms with Crippen molar-refractivity contribution in [3.05, 3.63) is 25.3 Å². The minimum Gasteiger partial charge on any atom is -0.381 e. The van der Waals surface area contributed by atoms with E-state index in [1.807, 2.05) is 0 Å². The van der Waals surface area contributed by atoms with Crippen LogP contribution in [0.25, 0.3) is 0 Å². The number of hydrogen-bond acceptors (Lipinski definition) is 3. The van der Waals surface area contributed by atoms with E-state index in [0.29, 0.717) is 45.7 Å². The van der Waals surface area contributed by atoms with Crippen LogP contribution in [-0.2, 0) is 9.53 Å². The molecule has 0 aliphatic carbocycles. The maximum Gasteiger partial charge on any atom is 0.230 e. The van der Waals surface area contributed by atoms with Gasteiger partial charge in [0.2, 0.25) is 5.91 Å². The fraction of sp³-hybridized carbons (Fsp3) is 0.615. The molecule has 1 amide bonds. The van der Waals surface area contributed by atoms with Crippen LogP contribution in [0.2, 0.25) is 0 Å². The summed E-state index contributed by atoms with van der Waals surface area (Å²) in [6.45, 7) is 10.0. The standard InChI is InChI=1S/C13H22N2O2.ClH/c1-3-7-15(8-4-2)12(16)13(11-14)5-9-17-10-6-13;/h3-4H,1-2,5-11,14H2;1H. The van der Waals surface area contributed by atoms with E-state index in [4.69, 9.17) is 10.5 Å². The van der Waals surface area contributed by atoms with E-state index < -0.39 is 5.41 Å². The number of amides is 1. The van der Waals surface area contributed by atoms with Gasteiger partial charge in [0.25, 0.3) is 0 Å². The van der Waals surface area contributed by atoms with Gasteiger partial charge in [-0.15, -0.1) is 25.6 Å². The second-order valence-electron chi connectivity index (χ2n) is 4.38. The monoisotopic (exact) mass is 274 g/mol. The third-order valence-electron chi connectivity index (χ3n) is 3.28. The van der Waals surface area contributed by atoms with E-state index in [1.165, 1.54) is 0 Å². The normalized spacial score (nSPS) is 17.4. The number of nitrogens with two attached hydrogens (primary N) is 1. The quantitative estimate of drug-likeness (QED) is 0.744. The molecule has 1 saturated heterocycles. The van der Waals surface area contributed by atoms with Crippen molar-refractivity contribution in [2.75, 3.05) is 32.8 Å². The van der Waals surface area contributed by atoms with Crippen molar-refractivity contribution in [3.8, 4) is 0 Å². The third-order valence-corrected chi connectivity index (χ3v) is 3.28. The zero-order chi connectivity index (χ0) is 12.7. The Hall–Kier alpha value is -0.840. The van der Waals surface area contributed by atoms with Crippen molar-refractivity contribution >= 4 is 18.3 Å². The van der Waals surface area contributed by atoms with Crippen LogP contribution in [0.4, 0.5) is 0 Å². The van der Waals surface area contributed by atoms with Gasteiger partial charge in [0.15, 0.2) is 0 Å². The van der Waals surface area contributed by atoms with Crippen molar-refractivity contribution in [1.82, 2.24) is 4.90 Å². The highest BCUT2D eigenvalue weighted by atomic mass is 35.5. The van der Waals surface area contributed by atoms with Crippen molar-refractivity contribution in [2.45, 2.75) is 12.8 Å². The van der Waals surface area contributed by atoms with E-state index >= 15 is 0 Å². The van der Waals surface area contributed by atoms with E-state index in [9.17, 15) is 4.79 Å². The van der Waals surface area contributed by atoms with Gasteiger partial charge in [0.05, 0.1) is 5.41 Å². The summed E-state index contributed by atoms with van der Waals surface area (Å²) < 4.78 is 5.31. The molecule has 4 nitrogen and oxygen atoms in total. The molecule has 0 aromatic carbocycles. The Morgan fingerprint density at radius 2 is 1.78 bits per heavy atom. The zero-order valence-corrected chi connectivity index (χ0v) is 11.6. The molecule has 1 aliphatic heterocycles. The largest absolute Gasteiger partial charge is 0.381 e. The average molecular weight is 275 g/mol. The fourth-order valence-corrected chi connectivity index (χ4v) is 2.15. The molecule has 2 N–H and O–H groups in total. The number of carbonyl (C=O) groups is 1. The zero-order valence-electron chi connectivity index (χ0n) is 10.8. The first kappa shape index (κ1) is 17.2. The highest BCUT2D eigenvalue weighted by Gasteiger charge is 2.40. The number of hydrogen-bond donors (Lipinski definition) is 1. The second-order valence-corrected chi connectivity index (χ2v) is 4.38. The van der Waals surface area contributed by atoms with Gasteiger partial charge in [-0.3, -0.25) is 4.79 Å². The number of carbonyl (C=O) groups excluding carboxylic acids is 1. The van der Waals surface area contributed by atoms with E-state index in [-0.39, 0.29) is 18.3 Å². The molecule has 0 atom stereocenters. The number of nitrogens with zero attached hydrogens (tertiary/aromatic N) is 1. The molecule has 0 saturated carbocycles. The highest BCUT2D eigenvalue weighted by molar-refractivity contribution is 5.85. The Balaban J connectivity index is 0.00000289. The maximum absolute atomic E-state index is 12.5. The van der Waals surface area contributed by atoms with Crippen LogP contribution in [0, 0.1) is 5.41 Å². The third kappa shape index (κ3) is 3.83. The predicted molar refractivity (Wildman–Crippen MR) is 75.8 cm³/mol. The Morgan fingerprint density at radius 3 is 2.17 bits per heavy atom. The van der Waals surface area contributed by atoms with Gasteiger partial charge < -0.3 is 15.4 Å². The molecule has 0 aromatic rings. The van der Waals surface area contributed by atoms with Crippen molar-refractivity contribution in [3.63, 3.8) is 0 Å². The molecule has 18 heavy (non-hydrogen) atoms. The van der Waals surface area contributed by atoms with Crippen LogP contribution in [0.1, 0.15) is 12.8 Å². The molecule has 0 unspecified atom stereocenters. The number of rotatable bonds is 6. The summed E-state index contributed by atoms with van der Waals surface area (Å²) in [6.07, 6.45) is 4.86. The lowest BCUT2D eigenvalue weighted by Crippen LogP contribution is -2.51. The van der Waals surface area contributed by atoms with Crippen LogP contribution in [0.3, 0.4) is 0 Å². The van der Waals surface area contributed by atoms with Gasteiger partial charge in [-0.2, -0.15) is 0 Å². The molecule has 1 fully saturated rings. The Bertz CT molecular complexity index is 279. The van der Waals surface area contributed by atoms with Crippen molar-refractivity contribution in [1.29, 1.82) is 0 Å². The van der Waals surface area contributed by atoms with Crippen LogP contribution in [-0.4, -0.2) is 43.7 Å². The molecule has 0 bridgehead atoms.